The Morgan fingerprint density at radius 2 is 2.24 bits per heavy atom. The molecular formula is C16H18N6O3. The number of nitrogens with zero attached hydrogens (tertiary/aromatic N) is 6. The number of aliphatic hydroxyl groups excluding tert-OH is 1. The fourth-order valence-electron chi connectivity index (χ4n) is 3.09. The van der Waals surface area contributed by atoms with Gasteiger partial charge in [-0.05, 0) is 6.07 Å². The number of β-amino-alcohol motifs (C(OH)–C–C–N with tert-alkyl or cyclic N) is 1. The number of oxazole rings is 1. The van der Waals surface area contributed by atoms with Crippen LogP contribution in [-0.4, -0.2) is 72.7 Å². The van der Waals surface area contributed by atoms with Crippen molar-refractivity contribution in [2.75, 3.05) is 26.2 Å². The maximum atomic E-state index is 12.4. The number of aromatic nitrogens is 4. The van der Waals surface area contributed by atoms with Gasteiger partial charge >= 0.3 is 0 Å². The highest BCUT2D eigenvalue weighted by Gasteiger charge is 2.27. The van der Waals surface area contributed by atoms with Crippen molar-refractivity contribution in [3.63, 3.8) is 0 Å². The first kappa shape index (κ1) is 15.7. The molecule has 9 nitrogen and oxygen atoms in total. The summed E-state index contributed by atoms with van der Waals surface area (Å²) >= 11 is 0. The highest BCUT2D eigenvalue weighted by atomic mass is 16.3. The van der Waals surface area contributed by atoms with Crippen LogP contribution in [0.1, 0.15) is 16.1 Å². The maximum absolute atomic E-state index is 12.4. The molecule has 0 aliphatic carbocycles. The molecule has 130 valence electrons. The summed E-state index contributed by atoms with van der Waals surface area (Å²) in [5, 5.41) is 14.6. The maximum Gasteiger partial charge on any atom is 0.291 e. The number of carbonyl (C=O) groups excluding carboxylic acids is 1. The van der Waals surface area contributed by atoms with E-state index in [1.807, 2.05) is 12.3 Å². The fraction of sp³-hybridized carbons (Fsp3) is 0.375. The Morgan fingerprint density at radius 3 is 3.08 bits per heavy atom. The quantitative estimate of drug-likeness (QED) is 0.717. The predicted octanol–water partition coefficient (Wildman–Crippen LogP) is 0.0362. The molecule has 0 saturated carbocycles. The Bertz CT molecular complexity index is 862. The standard InChI is InChI=1S/C16H18N6O3/c23-13-9-20(8-12-6-19-22-3-1-2-18-15(12)22)4-5-21(10-13)16(24)14-7-17-11-25-14/h1-3,6-7,11,13,23H,4-5,8-10H2/t13-/m0/s1. The van der Waals surface area contributed by atoms with E-state index in [1.165, 1.54) is 12.6 Å². The van der Waals surface area contributed by atoms with Gasteiger partial charge in [0.25, 0.3) is 5.91 Å². The van der Waals surface area contributed by atoms with E-state index in [0.29, 0.717) is 26.2 Å². The Labute approximate surface area is 143 Å². The number of fused-ring (bicyclic) bond motifs is 1. The SMILES string of the molecule is O=C(c1cnco1)N1CCN(Cc2cnn3cccnc23)C[C@H](O)C1. The third-order valence-electron chi connectivity index (χ3n) is 4.26. The van der Waals surface area contributed by atoms with Crippen molar-refractivity contribution >= 4 is 11.6 Å². The first-order valence-corrected chi connectivity index (χ1v) is 8.06. The number of carbonyl (C=O) groups is 1. The van der Waals surface area contributed by atoms with Crippen LogP contribution in [0, 0.1) is 0 Å². The molecule has 0 spiro atoms. The molecule has 1 amide bonds. The Morgan fingerprint density at radius 1 is 1.32 bits per heavy atom. The van der Waals surface area contributed by atoms with Crippen molar-refractivity contribution in [2.45, 2.75) is 12.6 Å². The highest BCUT2D eigenvalue weighted by molar-refractivity contribution is 5.91. The van der Waals surface area contributed by atoms with Crippen molar-refractivity contribution in [1.82, 2.24) is 29.4 Å². The monoisotopic (exact) mass is 342 g/mol. The largest absolute Gasteiger partial charge is 0.438 e. The zero-order valence-electron chi connectivity index (χ0n) is 13.5. The van der Waals surface area contributed by atoms with Crippen molar-refractivity contribution in [1.29, 1.82) is 0 Å². The van der Waals surface area contributed by atoms with E-state index in [9.17, 15) is 9.90 Å². The van der Waals surface area contributed by atoms with Gasteiger partial charge < -0.3 is 14.4 Å². The van der Waals surface area contributed by atoms with Crippen molar-refractivity contribution in [3.8, 4) is 0 Å². The van der Waals surface area contributed by atoms with E-state index < -0.39 is 6.10 Å². The van der Waals surface area contributed by atoms with Gasteiger partial charge in [-0.2, -0.15) is 5.10 Å². The molecule has 0 bridgehead atoms. The average molecular weight is 342 g/mol. The van der Waals surface area contributed by atoms with Crippen LogP contribution in [0.25, 0.3) is 5.65 Å². The molecule has 1 fully saturated rings. The smallest absolute Gasteiger partial charge is 0.291 e. The molecule has 25 heavy (non-hydrogen) atoms. The lowest BCUT2D eigenvalue weighted by Crippen LogP contribution is -2.37. The van der Waals surface area contributed by atoms with Gasteiger partial charge in [-0.15, -0.1) is 0 Å². The van der Waals surface area contributed by atoms with E-state index >= 15 is 0 Å². The van der Waals surface area contributed by atoms with Gasteiger partial charge in [0.15, 0.2) is 12.0 Å². The molecule has 0 aromatic carbocycles. The lowest BCUT2D eigenvalue weighted by molar-refractivity contribution is 0.0634. The lowest BCUT2D eigenvalue weighted by atomic mass is 10.2. The molecule has 1 aliphatic heterocycles. The van der Waals surface area contributed by atoms with Crippen LogP contribution >= 0.6 is 0 Å². The third kappa shape index (κ3) is 3.24. The molecule has 3 aromatic rings. The minimum atomic E-state index is -0.635. The first-order chi connectivity index (χ1) is 12.2. The fourth-order valence-corrected chi connectivity index (χ4v) is 3.09. The van der Waals surface area contributed by atoms with Gasteiger partial charge in [-0.3, -0.25) is 9.69 Å². The summed E-state index contributed by atoms with van der Waals surface area (Å²) in [5.74, 6) is -0.0662. The summed E-state index contributed by atoms with van der Waals surface area (Å²) in [6.07, 6.45) is 7.35. The molecular weight excluding hydrogens is 324 g/mol. The van der Waals surface area contributed by atoms with E-state index in [1.54, 1.807) is 21.8 Å². The molecule has 9 heteroatoms. The Balaban J connectivity index is 1.47. The van der Waals surface area contributed by atoms with Crippen molar-refractivity contribution in [2.24, 2.45) is 0 Å². The van der Waals surface area contributed by atoms with Gasteiger partial charge in [0.05, 0.1) is 18.5 Å². The summed E-state index contributed by atoms with van der Waals surface area (Å²) in [6.45, 7) is 2.50. The molecule has 3 aromatic heterocycles. The number of hydrogen-bond donors (Lipinski definition) is 1. The highest BCUT2D eigenvalue weighted by Crippen LogP contribution is 2.14. The molecule has 1 atom stereocenters. The minimum absolute atomic E-state index is 0.187. The van der Waals surface area contributed by atoms with Crippen LogP contribution in [0.15, 0.2) is 41.7 Å². The van der Waals surface area contributed by atoms with E-state index in [-0.39, 0.29) is 18.2 Å². The summed E-state index contributed by atoms with van der Waals surface area (Å²) in [4.78, 5) is 24.2. The molecule has 1 N–H and O–H groups in total. The summed E-state index contributed by atoms with van der Waals surface area (Å²) in [6, 6.07) is 1.83. The molecule has 1 saturated heterocycles. The second-order valence-electron chi connectivity index (χ2n) is 6.06. The number of aliphatic hydroxyl groups is 1. The van der Waals surface area contributed by atoms with E-state index in [2.05, 4.69) is 20.0 Å². The lowest BCUT2D eigenvalue weighted by Gasteiger charge is -2.20. The Hall–Kier alpha value is -2.78. The van der Waals surface area contributed by atoms with Crippen LogP contribution in [0.2, 0.25) is 0 Å². The molecule has 4 rings (SSSR count). The molecule has 1 aliphatic rings. The van der Waals surface area contributed by atoms with Crippen molar-refractivity contribution < 1.29 is 14.3 Å². The van der Waals surface area contributed by atoms with Crippen LogP contribution < -0.4 is 0 Å². The third-order valence-corrected chi connectivity index (χ3v) is 4.26. The average Bonchev–Trinajstić information content (AvgIpc) is 3.24. The zero-order chi connectivity index (χ0) is 17.2. The van der Waals surface area contributed by atoms with Gasteiger partial charge in [-0.25, -0.2) is 14.5 Å². The van der Waals surface area contributed by atoms with Crippen LogP contribution in [0.4, 0.5) is 0 Å². The van der Waals surface area contributed by atoms with Crippen LogP contribution in [0.5, 0.6) is 0 Å². The predicted molar refractivity (Wildman–Crippen MR) is 86.7 cm³/mol. The van der Waals surface area contributed by atoms with E-state index in [4.69, 9.17) is 4.42 Å². The summed E-state index contributed by atoms with van der Waals surface area (Å²) in [5.41, 5.74) is 1.79. The number of amides is 1. The minimum Gasteiger partial charge on any atom is -0.438 e. The second kappa shape index (κ2) is 6.61. The summed E-state index contributed by atoms with van der Waals surface area (Å²) < 4.78 is 6.79. The second-order valence-corrected chi connectivity index (χ2v) is 6.06. The number of rotatable bonds is 3. The Kier molecular flexibility index (Phi) is 4.16. The molecule has 4 heterocycles. The topological polar surface area (TPSA) is 100 Å². The van der Waals surface area contributed by atoms with Gasteiger partial charge in [0.2, 0.25) is 5.76 Å². The van der Waals surface area contributed by atoms with Crippen LogP contribution in [0.3, 0.4) is 0 Å². The van der Waals surface area contributed by atoms with Gasteiger partial charge in [0, 0.05) is 50.7 Å². The van der Waals surface area contributed by atoms with Crippen LogP contribution in [-0.2, 0) is 6.54 Å². The molecule has 0 radical (unpaired) electrons. The van der Waals surface area contributed by atoms with Gasteiger partial charge in [-0.1, -0.05) is 0 Å². The number of hydrogen-bond acceptors (Lipinski definition) is 7. The van der Waals surface area contributed by atoms with E-state index in [0.717, 1.165) is 11.2 Å². The summed E-state index contributed by atoms with van der Waals surface area (Å²) in [7, 11) is 0. The van der Waals surface area contributed by atoms with Crippen molar-refractivity contribution in [3.05, 3.63) is 48.6 Å². The zero-order valence-corrected chi connectivity index (χ0v) is 13.5. The van der Waals surface area contributed by atoms with Gasteiger partial charge in [0.1, 0.15) is 0 Å². The first-order valence-electron chi connectivity index (χ1n) is 8.06. The normalized spacial score (nSPS) is 19.2. The molecule has 0 unspecified atom stereocenters.